The number of benzene rings is 4. The van der Waals surface area contributed by atoms with Crippen LogP contribution in [0.4, 0.5) is 4.79 Å². The summed E-state index contributed by atoms with van der Waals surface area (Å²) in [6.07, 6.45) is 1.50. The molecule has 0 unspecified atom stereocenters. The number of carbonyl (C=O) groups excluding carboxylic acids is 1. The monoisotopic (exact) mass is 486 g/mol. The fourth-order valence-corrected chi connectivity index (χ4v) is 5.47. The van der Waals surface area contributed by atoms with E-state index in [4.69, 9.17) is 9.72 Å². The number of hydrogen-bond donors (Lipinski definition) is 2. The molecule has 0 bridgehead atoms. The van der Waals surface area contributed by atoms with Gasteiger partial charge in [-0.05, 0) is 59.9 Å². The maximum atomic E-state index is 12.9. The molecule has 0 saturated carbocycles. The predicted molar refractivity (Wildman–Crippen MR) is 146 cm³/mol. The Labute approximate surface area is 213 Å². The lowest BCUT2D eigenvalue weighted by atomic mass is 10.0. The van der Waals surface area contributed by atoms with Crippen molar-refractivity contribution >= 4 is 38.9 Å². The quantitative estimate of drug-likeness (QED) is 0.274. The van der Waals surface area contributed by atoms with Crippen LogP contribution in [0.2, 0.25) is 0 Å². The van der Waals surface area contributed by atoms with Crippen molar-refractivity contribution in [1.82, 2.24) is 19.9 Å². The normalized spacial score (nSPS) is 15.7. The smallest absolute Gasteiger partial charge is 0.410 e. The number of aromatic nitrogens is 3. The number of aromatic amines is 2. The number of nitrogens with one attached hydrogen (secondary N) is 2. The van der Waals surface area contributed by atoms with Crippen LogP contribution in [0.5, 0.6) is 0 Å². The molecule has 1 amide bonds. The first-order valence-corrected chi connectivity index (χ1v) is 12.7. The van der Waals surface area contributed by atoms with Gasteiger partial charge in [0.05, 0.1) is 17.1 Å². The summed E-state index contributed by atoms with van der Waals surface area (Å²) in [6, 6.07) is 30.9. The van der Waals surface area contributed by atoms with Crippen LogP contribution in [0, 0.1) is 0 Å². The molecule has 3 heterocycles. The number of H-pyrrole nitrogens is 2. The van der Waals surface area contributed by atoms with Gasteiger partial charge >= 0.3 is 6.09 Å². The molecule has 0 radical (unpaired) electrons. The van der Waals surface area contributed by atoms with Gasteiger partial charge in [0.2, 0.25) is 0 Å². The molecule has 4 aromatic carbocycles. The molecule has 37 heavy (non-hydrogen) atoms. The zero-order valence-corrected chi connectivity index (χ0v) is 20.3. The molecule has 1 atom stereocenters. The van der Waals surface area contributed by atoms with Gasteiger partial charge in [-0.3, -0.25) is 4.90 Å². The molecule has 1 saturated heterocycles. The Kier molecular flexibility index (Phi) is 5.17. The molecule has 182 valence electrons. The number of para-hydroxylation sites is 1. The molecule has 0 aliphatic carbocycles. The van der Waals surface area contributed by atoms with Gasteiger partial charge in [-0.2, -0.15) is 0 Å². The Morgan fingerprint density at radius 2 is 1.62 bits per heavy atom. The number of carbonyl (C=O) groups is 1. The number of imidazole rings is 1. The fraction of sp³-hybridized carbons (Fsp3) is 0.161. The minimum atomic E-state index is -0.292. The van der Waals surface area contributed by atoms with Gasteiger partial charge in [0.1, 0.15) is 12.4 Å². The Morgan fingerprint density at radius 1 is 0.838 bits per heavy atom. The summed E-state index contributed by atoms with van der Waals surface area (Å²) >= 11 is 0. The van der Waals surface area contributed by atoms with Crippen LogP contribution in [-0.4, -0.2) is 32.5 Å². The van der Waals surface area contributed by atoms with Crippen LogP contribution in [0.25, 0.3) is 44.0 Å². The van der Waals surface area contributed by atoms with Gasteiger partial charge in [-0.25, -0.2) is 9.78 Å². The van der Waals surface area contributed by atoms with Crippen molar-refractivity contribution < 1.29 is 9.53 Å². The molecule has 0 spiro atoms. The van der Waals surface area contributed by atoms with Gasteiger partial charge in [0, 0.05) is 28.4 Å². The topological polar surface area (TPSA) is 74.0 Å². The fourth-order valence-electron chi connectivity index (χ4n) is 5.47. The van der Waals surface area contributed by atoms with E-state index in [1.165, 1.54) is 10.8 Å². The second-order valence-corrected chi connectivity index (χ2v) is 9.68. The summed E-state index contributed by atoms with van der Waals surface area (Å²) in [5, 5.41) is 2.44. The molecular weight excluding hydrogens is 460 g/mol. The Balaban J connectivity index is 1.16. The van der Waals surface area contributed by atoms with Crippen molar-refractivity contribution in [2.75, 3.05) is 6.54 Å². The summed E-state index contributed by atoms with van der Waals surface area (Å²) in [5.41, 5.74) is 7.41. The Morgan fingerprint density at radius 3 is 2.54 bits per heavy atom. The van der Waals surface area contributed by atoms with Crippen molar-refractivity contribution in [2.24, 2.45) is 0 Å². The number of fused-ring (bicyclic) bond motifs is 4. The van der Waals surface area contributed by atoms with Crippen molar-refractivity contribution in [3.05, 3.63) is 102 Å². The van der Waals surface area contributed by atoms with Gasteiger partial charge in [-0.1, -0.05) is 60.7 Å². The van der Waals surface area contributed by atoms with E-state index < -0.39 is 0 Å². The highest BCUT2D eigenvalue weighted by molar-refractivity contribution is 6.08. The maximum absolute atomic E-state index is 12.9. The third-order valence-corrected chi connectivity index (χ3v) is 7.35. The zero-order valence-electron chi connectivity index (χ0n) is 20.3. The highest BCUT2D eigenvalue weighted by Gasteiger charge is 2.33. The molecule has 7 rings (SSSR count). The Bertz CT molecular complexity index is 1750. The number of rotatable bonds is 4. The number of hydrogen-bond acceptors (Lipinski definition) is 3. The lowest BCUT2D eigenvalue weighted by molar-refractivity contribution is 0.0910. The average molecular weight is 487 g/mol. The average Bonchev–Trinajstić information content (AvgIpc) is 3.68. The van der Waals surface area contributed by atoms with E-state index in [1.54, 1.807) is 4.90 Å². The number of nitrogens with zero attached hydrogens (tertiary/aromatic N) is 2. The molecule has 6 nitrogen and oxygen atoms in total. The summed E-state index contributed by atoms with van der Waals surface area (Å²) in [6.45, 7) is 0.943. The number of ether oxygens (including phenoxy) is 1. The van der Waals surface area contributed by atoms with Crippen molar-refractivity contribution in [3.63, 3.8) is 0 Å². The van der Waals surface area contributed by atoms with Crippen LogP contribution in [-0.2, 0) is 11.3 Å². The largest absolute Gasteiger partial charge is 0.445 e. The predicted octanol–water partition coefficient (Wildman–Crippen LogP) is 7.34. The van der Waals surface area contributed by atoms with Crippen LogP contribution < -0.4 is 0 Å². The van der Waals surface area contributed by atoms with Crippen LogP contribution in [0.3, 0.4) is 0 Å². The second-order valence-electron chi connectivity index (χ2n) is 9.68. The third-order valence-electron chi connectivity index (χ3n) is 7.35. The van der Waals surface area contributed by atoms with E-state index >= 15 is 0 Å². The van der Waals surface area contributed by atoms with Gasteiger partial charge in [-0.15, -0.1) is 0 Å². The van der Waals surface area contributed by atoms with Crippen molar-refractivity contribution in [2.45, 2.75) is 25.5 Å². The van der Waals surface area contributed by atoms with E-state index in [0.717, 1.165) is 57.4 Å². The number of likely N-dealkylation sites (tertiary alicyclic amines) is 1. The van der Waals surface area contributed by atoms with Crippen molar-refractivity contribution in [3.8, 4) is 11.1 Å². The van der Waals surface area contributed by atoms with Gasteiger partial charge in [0.25, 0.3) is 0 Å². The molecule has 2 N–H and O–H groups in total. The molecule has 1 aliphatic heterocycles. The lowest BCUT2D eigenvalue weighted by Crippen LogP contribution is -2.31. The third kappa shape index (κ3) is 3.91. The first-order valence-electron chi connectivity index (χ1n) is 12.7. The van der Waals surface area contributed by atoms with Gasteiger partial charge < -0.3 is 14.7 Å². The van der Waals surface area contributed by atoms with E-state index in [2.05, 4.69) is 70.6 Å². The first-order chi connectivity index (χ1) is 18.2. The molecule has 6 heteroatoms. The van der Waals surface area contributed by atoms with E-state index in [1.807, 2.05) is 30.3 Å². The van der Waals surface area contributed by atoms with E-state index in [0.29, 0.717) is 6.54 Å². The van der Waals surface area contributed by atoms with E-state index in [9.17, 15) is 4.79 Å². The maximum Gasteiger partial charge on any atom is 0.410 e. The summed E-state index contributed by atoms with van der Waals surface area (Å²) in [4.78, 5) is 26.5. The minimum absolute atomic E-state index is 0.110. The highest BCUT2D eigenvalue weighted by atomic mass is 16.6. The first kappa shape index (κ1) is 21.7. The zero-order chi connectivity index (χ0) is 24.8. The molecule has 1 fully saturated rings. The highest BCUT2D eigenvalue weighted by Crippen LogP contribution is 2.34. The van der Waals surface area contributed by atoms with Crippen LogP contribution >= 0.6 is 0 Å². The number of amides is 1. The molecule has 6 aromatic rings. The Hall–Kier alpha value is -4.58. The summed E-state index contributed by atoms with van der Waals surface area (Å²) in [5.74, 6) is 0.813. The van der Waals surface area contributed by atoms with E-state index in [-0.39, 0.29) is 18.7 Å². The second kappa shape index (κ2) is 8.82. The van der Waals surface area contributed by atoms with Gasteiger partial charge in [0.15, 0.2) is 0 Å². The molecule has 2 aromatic heterocycles. The van der Waals surface area contributed by atoms with Crippen LogP contribution in [0.15, 0.2) is 91.0 Å². The van der Waals surface area contributed by atoms with Crippen LogP contribution in [0.1, 0.15) is 30.3 Å². The summed E-state index contributed by atoms with van der Waals surface area (Å²) in [7, 11) is 0. The molecular formula is C31H26N4O2. The molecule has 1 aliphatic rings. The minimum Gasteiger partial charge on any atom is -0.445 e. The summed E-state index contributed by atoms with van der Waals surface area (Å²) < 4.78 is 5.62. The standard InChI is InChI=1S/C31H26N4O2/c36-31(37-19-20-7-2-1-3-8-20)35-16-6-11-29(35)30-33-27-15-13-22(18-28(27)34-30)21-12-14-26-24(17-21)23-9-4-5-10-25(23)32-26/h1-5,7-10,12-15,17-18,29,32H,6,11,16,19H2,(H,33,34)/t29-/m1/s1. The lowest BCUT2D eigenvalue weighted by Gasteiger charge is -2.22. The van der Waals surface area contributed by atoms with Crippen molar-refractivity contribution in [1.29, 1.82) is 0 Å². The SMILES string of the molecule is O=C(OCc1ccccc1)N1CCC[C@@H]1c1nc2ccc(-c3ccc4[nH]c5ccccc5c4c3)cc2[nH]1.